The molecule has 0 aliphatic carbocycles. The highest BCUT2D eigenvalue weighted by atomic mass is 32.2. The number of hydrogen-bond donors (Lipinski definition) is 0. The van der Waals surface area contributed by atoms with Crippen LogP contribution in [0.3, 0.4) is 0 Å². The number of pyridine rings is 1. The fraction of sp³-hybridized carbons (Fsp3) is 0.667. The Morgan fingerprint density at radius 2 is 1.88 bits per heavy atom. The highest BCUT2D eigenvalue weighted by molar-refractivity contribution is 7.89. The van der Waals surface area contributed by atoms with E-state index in [2.05, 4.69) is 4.98 Å². The molecule has 2 fully saturated rings. The molecular formula is C15H20F3N3O3S. The Morgan fingerprint density at radius 1 is 1.16 bits per heavy atom. The lowest BCUT2D eigenvalue weighted by Gasteiger charge is -2.34. The lowest BCUT2D eigenvalue weighted by Crippen LogP contribution is -2.42. The third kappa shape index (κ3) is 4.06. The highest BCUT2D eigenvalue weighted by Gasteiger charge is 2.42. The van der Waals surface area contributed by atoms with E-state index in [4.69, 9.17) is 4.74 Å². The quantitative estimate of drug-likeness (QED) is 0.803. The second kappa shape index (κ2) is 7.08. The van der Waals surface area contributed by atoms with Crippen LogP contribution in [0.1, 0.15) is 12.8 Å². The molecule has 3 rings (SSSR count). The van der Waals surface area contributed by atoms with Crippen LogP contribution < -0.4 is 4.90 Å². The Kier molecular flexibility index (Phi) is 5.21. The molecule has 0 saturated carbocycles. The third-order valence-corrected chi connectivity index (χ3v) is 6.42. The normalized spacial score (nSPS) is 23.6. The number of aromatic nitrogens is 1. The van der Waals surface area contributed by atoms with Crippen LogP contribution in [0, 0.1) is 5.92 Å². The molecule has 1 aromatic heterocycles. The molecule has 0 aromatic carbocycles. The van der Waals surface area contributed by atoms with E-state index in [1.807, 2.05) is 0 Å². The van der Waals surface area contributed by atoms with Crippen molar-refractivity contribution in [3.05, 3.63) is 18.3 Å². The number of nitrogens with zero attached hydrogens (tertiary/aromatic N) is 3. The molecule has 0 N–H and O–H groups in total. The van der Waals surface area contributed by atoms with Gasteiger partial charge in [-0.05, 0) is 25.0 Å². The SMILES string of the molecule is O=S(=O)(c1ccc(N2CCC[C@@H](C(F)(F)F)C2)nc1)N1CCOCC1. The van der Waals surface area contributed by atoms with Crippen LogP contribution in [-0.2, 0) is 14.8 Å². The van der Waals surface area contributed by atoms with Gasteiger partial charge in [0.25, 0.3) is 0 Å². The van der Waals surface area contributed by atoms with Gasteiger partial charge in [-0.15, -0.1) is 0 Å². The molecule has 25 heavy (non-hydrogen) atoms. The third-order valence-electron chi connectivity index (χ3n) is 4.54. The van der Waals surface area contributed by atoms with Crippen LogP contribution in [-0.4, -0.2) is 63.3 Å². The van der Waals surface area contributed by atoms with Crippen molar-refractivity contribution in [3.63, 3.8) is 0 Å². The van der Waals surface area contributed by atoms with Crippen LogP contribution >= 0.6 is 0 Å². The topological polar surface area (TPSA) is 62.7 Å². The Labute approximate surface area is 144 Å². The Morgan fingerprint density at radius 3 is 2.48 bits per heavy atom. The molecule has 0 unspecified atom stereocenters. The summed E-state index contributed by atoms with van der Waals surface area (Å²) in [6, 6.07) is 2.89. The van der Waals surface area contributed by atoms with Crippen molar-refractivity contribution in [1.29, 1.82) is 0 Å². The molecule has 0 spiro atoms. The van der Waals surface area contributed by atoms with Crippen molar-refractivity contribution >= 4 is 15.8 Å². The largest absolute Gasteiger partial charge is 0.393 e. The van der Waals surface area contributed by atoms with E-state index in [-0.39, 0.29) is 31.0 Å². The first-order valence-corrected chi connectivity index (χ1v) is 9.58. The van der Waals surface area contributed by atoms with Crippen molar-refractivity contribution in [2.75, 3.05) is 44.3 Å². The van der Waals surface area contributed by atoms with Gasteiger partial charge in [0.2, 0.25) is 10.0 Å². The number of sulfonamides is 1. The summed E-state index contributed by atoms with van der Waals surface area (Å²) in [6.07, 6.45) is -2.46. The number of hydrogen-bond acceptors (Lipinski definition) is 5. The van der Waals surface area contributed by atoms with Crippen molar-refractivity contribution in [2.45, 2.75) is 23.9 Å². The number of halogens is 3. The van der Waals surface area contributed by atoms with Gasteiger partial charge in [0.05, 0.1) is 19.1 Å². The van der Waals surface area contributed by atoms with Crippen LogP contribution in [0.2, 0.25) is 0 Å². The van der Waals surface area contributed by atoms with Crippen LogP contribution in [0.5, 0.6) is 0 Å². The Balaban J connectivity index is 1.73. The van der Waals surface area contributed by atoms with Crippen LogP contribution in [0.4, 0.5) is 19.0 Å². The number of rotatable bonds is 3. The Hall–Kier alpha value is -1.39. The molecule has 140 valence electrons. The second-order valence-electron chi connectivity index (χ2n) is 6.20. The minimum Gasteiger partial charge on any atom is -0.379 e. The van der Waals surface area contributed by atoms with Crippen molar-refractivity contribution in [3.8, 4) is 0 Å². The molecule has 6 nitrogen and oxygen atoms in total. The minimum atomic E-state index is -4.22. The second-order valence-corrected chi connectivity index (χ2v) is 8.13. The highest BCUT2D eigenvalue weighted by Crippen LogP contribution is 2.34. The van der Waals surface area contributed by atoms with Gasteiger partial charge >= 0.3 is 6.18 Å². The maximum absolute atomic E-state index is 12.9. The van der Waals surface area contributed by atoms with Gasteiger partial charge in [0.1, 0.15) is 10.7 Å². The molecule has 10 heteroatoms. The van der Waals surface area contributed by atoms with Crippen molar-refractivity contribution < 1.29 is 26.3 Å². The van der Waals surface area contributed by atoms with E-state index in [0.717, 1.165) is 0 Å². The monoisotopic (exact) mass is 379 g/mol. The fourth-order valence-electron chi connectivity index (χ4n) is 3.10. The molecule has 1 atom stereocenters. The van der Waals surface area contributed by atoms with Gasteiger partial charge in [0, 0.05) is 32.4 Å². The summed E-state index contributed by atoms with van der Waals surface area (Å²) in [5.41, 5.74) is 0. The zero-order chi connectivity index (χ0) is 18.1. The van der Waals surface area contributed by atoms with E-state index in [1.165, 1.54) is 22.6 Å². The molecule has 3 heterocycles. The summed E-state index contributed by atoms with van der Waals surface area (Å²) < 4.78 is 70.3. The number of ether oxygens (including phenoxy) is 1. The summed E-state index contributed by atoms with van der Waals surface area (Å²) >= 11 is 0. The smallest absolute Gasteiger partial charge is 0.379 e. The molecule has 0 bridgehead atoms. The summed E-state index contributed by atoms with van der Waals surface area (Å²) in [6.45, 7) is 1.59. The van der Waals surface area contributed by atoms with Crippen LogP contribution in [0.15, 0.2) is 23.2 Å². The molecule has 1 aromatic rings. The zero-order valence-electron chi connectivity index (χ0n) is 13.6. The summed E-state index contributed by atoms with van der Waals surface area (Å²) in [5.74, 6) is -1.00. The first-order valence-electron chi connectivity index (χ1n) is 8.14. The summed E-state index contributed by atoms with van der Waals surface area (Å²) in [5, 5.41) is 0. The lowest BCUT2D eigenvalue weighted by atomic mass is 9.97. The van der Waals surface area contributed by atoms with Gasteiger partial charge in [-0.2, -0.15) is 17.5 Å². The van der Waals surface area contributed by atoms with Gasteiger partial charge < -0.3 is 9.64 Å². The van der Waals surface area contributed by atoms with Gasteiger partial charge in [-0.1, -0.05) is 0 Å². The average molecular weight is 379 g/mol. The molecular weight excluding hydrogens is 359 g/mol. The maximum atomic E-state index is 12.9. The van der Waals surface area contributed by atoms with Crippen LogP contribution in [0.25, 0.3) is 0 Å². The fourth-order valence-corrected chi connectivity index (χ4v) is 4.45. The average Bonchev–Trinajstić information content (AvgIpc) is 2.62. The number of morpholine rings is 1. The zero-order valence-corrected chi connectivity index (χ0v) is 14.4. The van der Waals surface area contributed by atoms with Gasteiger partial charge in [0.15, 0.2) is 0 Å². The predicted molar refractivity (Wildman–Crippen MR) is 84.8 cm³/mol. The first-order chi connectivity index (χ1) is 11.8. The molecule has 0 radical (unpaired) electrons. The van der Waals surface area contributed by atoms with Gasteiger partial charge in [-0.3, -0.25) is 0 Å². The van der Waals surface area contributed by atoms with Crippen molar-refractivity contribution in [1.82, 2.24) is 9.29 Å². The predicted octanol–water partition coefficient (Wildman–Crippen LogP) is 1.88. The number of piperidine rings is 1. The van der Waals surface area contributed by atoms with Crippen molar-refractivity contribution in [2.24, 2.45) is 5.92 Å². The van der Waals surface area contributed by atoms with E-state index in [9.17, 15) is 21.6 Å². The molecule has 0 amide bonds. The molecule has 2 aliphatic heterocycles. The number of anilines is 1. The van der Waals surface area contributed by atoms with E-state index in [1.54, 1.807) is 4.90 Å². The molecule has 2 aliphatic rings. The summed E-state index contributed by atoms with van der Waals surface area (Å²) in [7, 11) is -3.65. The first kappa shape index (κ1) is 18.4. The van der Waals surface area contributed by atoms with E-state index in [0.29, 0.717) is 32.0 Å². The van der Waals surface area contributed by atoms with Gasteiger partial charge in [-0.25, -0.2) is 13.4 Å². The standard InChI is InChI=1S/C15H20F3N3O3S/c16-15(17,18)12-2-1-5-20(11-12)14-4-3-13(10-19-14)25(22,23)21-6-8-24-9-7-21/h3-4,10,12H,1-2,5-9,11H2/t12-/m1/s1. The number of alkyl halides is 3. The minimum absolute atomic E-state index is 0.0440. The maximum Gasteiger partial charge on any atom is 0.393 e. The lowest BCUT2D eigenvalue weighted by molar-refractivity contribution is -0.176. The molecule has 2 saturated heterocycles. The Bertz CT molecular complexity index is 688. The van der Waals surface area contributed by atoms with E-state index >= 15 is 0 Å². The summed E-state index contributed by atoms with van der Waals surface area (Å²) in [4.78, 5) is 5.71. The van der Waals surface area contributed by atoms with E-state index < -0.39 is 22.1 Å².